The van der Waals surface area contributed by atoms with E-state index in [2.05, 4.69) is 30.4 Å². The van der Waals surface area contributed by atoms with Crippen molar-refractivity contribution in [3.8, 4) is 0 Å². The van der Waals surface area contributed by atoms with Gasteiger partial charge in [0.25, 0.3) is 0 Å². The molecule has 0 spiro atoms. The quantitative estimate of drug-likeness (QED) is 0.385. The molecule has 0 saturated heterocycles. The van der Waals surface area contributed by atoms with Gasteiger partial charge in [0, 0.05) is 16.2 Å². The highest BCUT2D eigenvalue weighted by molar-refractivity contribution is 7.13. The van der Waals surface area contributed by atoms with Crippen LogP contribution >= 0.6 is 11.3 Å². The molecular formula is C16H26N2OS. The van der Waals surface area contributed by atoms with Gasteiger partial charge in [0.2, 0.25) is 5.91 Å². The van der Waals surface area contributed by atoms with E-state index in [0.29, 0.717) is 6.42 Å². The summed E-state index contributed by atoms with van der Waals surface area (Å²) < 4.78 is 0. The van der Waals surface area contributed by atoms with Crippen molar-refractivity contribution in [1.29, 1.82) is 0 Å². The van der Waals surface area contributed by atoms with Crippen molar-refractivity contribution in [3.05, 3.63) is 21.9 Å². The molecule has 3 nitrogen and oxygen atoms in total. The molecule has 1 N–H and O–H groups in total. The summed E-state index contributed by atoms with van der Waals surface area (Å²) in [6.45, 7) is 4.34. The lowest BCUT2D eigenvalue weighted by Crippen LogP contribution is -2.16. The zero-order chi connectivity index (χ0) is 14.6. The van der Waals surface area contributed by atoms with E-state index in [-0.39, 0.29) is 5.91 Å². The van der Waals surface area contributed by atoms with Crippen LogP contribution in [-0.4, -0.2) is 12.1 Å². The zero-order valence-corrected chi connectivity index (χ0v) is 13.5. The molecule has 0 bridgehead atoms. The predicted molar refractivity (Wildman–Crippen MR) is 87.4 cm³/mol. The Balaban J connectivity index is 2.10. The number of unbranched alkanes of at least 4 members (excludes halogenated alkanes) is 5. The molecular weight excluding hydrogens is 268 g/mol. The van der Waals surface area contributed by atoms with Gasteiger partial charge in [-0.1, -0.05) is 46.0 Å². The van der Waals surface area contributed by atoms with Crippen molar-refractivity contribution in [1.82, 2.24) is 5.43 Å². The number of hydrogen-bond donors (Lipinski definition) is 1. The third kappa shape index (κ3) is 7.43. The number of aryl methyl sites for hydroxylation is 1. The van der Waals surface area contributed by atoms with Crippen LogP contribution in [-0.2, 0) is 11.2 Å². The van der Waals surface area contributed by atoms with E-state index >= 15 is 0 Å². The number of rotatable bonds is 10. The van der Waals surface area contributed by atoms with Gasteiger partial charge in [0.05, 0.1) is 6.21 Å². The Bertz CT molecular complexity index is 412. The minimum absolute atomic E-state index is 0.0176. The van der Waals surface area contributed by atoms with Crippen molar-refractivity contribution in [2.24, 2.45) is 5.10 Å². The number of hydrogen-bond acceptors (Lipinski definition) is 3. The van der Waals surface area contributed by atoms with Gasteiger partial charge in [-0.05, 0) is 25.0 Å². The lowest BCUT2D eigenvalue weighted by atomic mass is 10.1. The third-order valence-electron chi connectivity index (χ3n) is 3.17. The highest BCUT2D eigenvalue weighted by Crippen LogP contribution is 2.14. The number of nitrogens with one attached hydrogen (secondary N) is 1. The SMILES string of the molecule is CCCCCCCCC(=O)NN=Cc1ccc(CC)s1. The summed E-state index contributed by atoms with van der Waals surface area (Å²) in [5.41, 5.74) is 2.60. The van der Waals surface area contributed by atoms with E-state index in [1.54, 1.807) is 17.6 Å². The number of thiophene rings is 1. The molecule has 1 heterocycles. The molecule has 1 rings (SSSR count). The average Bonchev–Trinajstić information content (AvgIpc) is 2.90. The van der Waals surface area contributed by atoms with Crippen LogP contribution in [0.25, 0.3) is 0 Å². The van der Waals surface area contributed by atoms with Crippen molar-refractivity contribution < 1.29 is 4.79 Å². The number of carbonyl (C=O) groups excluding carboxylic acids is 1. The van der Waals surface area contributed by atoms with Gasteiger partial charge in [-0.2, -0.15) is 5.10 Å². The summed E-state index contributed by atoms with van der Waals surface area (Å²) >= 11 is 1.71. The molecule has 0 aliphatic rings. The molecule has 1 amide bonds. The maximum Gasteiger partial charge on any atom is 0.240 e. The van der Waals surface area contributed by atoms with Crippen LogP contribution in [0, 0.1) is 0 Å². The van der Waals surface area contributed by atoms with E-state index < -0.39 is 0 Å². The van der Waals surface area contributed by atoms with Gasteiger partial charge in [-0.3, -0.25) is 4.79 Å². The molecule has 0 radical (unpaired) electrons. The van der Waals surface area contributed by atoms with E-state index in [1.165, 1.54) is 30.6 Å². The molecule has 20 heavy (non-hydrogen) atoms. The van der Waals surface area contributed by atoms with Crippen molar-refractivity contribution in [3.63, 3.8) is 0 Å². The van der Waals surface area contributed by atoms with Crippen LogP contribution in [0.2, 0.25) is 0 Å². The summed E-state index contributed by atoms with van der Waals surface area (Å²) in [6.07, 6.45) is 10.5. The molecule has 0 atom stereocenters. The van der Waals surface area contributed by atoms with E-state index in [1.807, 2.05) is 6.07 Å². The van der Waals surface area contributed by atoms with Crippen LogP contribution < -0.4 is 5.43 Å². The maximum atomic E-state index is 11.6. The van der Waals surface area contributed by atoms with Crippen molar-refractivity contribution >= 4 is 23.5 Å². The molecule has 0 fully saturated rings. The first-order valence-corrected chi connectivity index (χ1v) is 8.48. The fraction of sp³-hybridized carbons (Fsp3) is 0.625. The fourth-order valence-electron chi connectivity index (χ4n) is 1.94. The monoisotopic (exact) mass is 294 g/mol. The Labute approximate surface area is 126 Å². The van der Waals surface area contributed by atoms with Crippen molar-refractivity contribution in [2.45, 2.75) is 65.2 Å². The molecule has 0 unspecified atom stereocenters. The maximum absolute atomic E-state index is 11.6. The summed E-state index contributed by atoms with van der Waals surface area (Å²) in [6, 6.07) is 4.14. The Kier molecular flexibility index (Phi) is 8.96. The summed E-state index contributed by atoms with van der Waals surface area (Å²) in [5, 5.41) is 4.00. The molecule has 112 valence electrons. The Morgan fingerprint density at radius 3 is 2.65 bits per heavy atom. The Morgan fingerprint density at radius 1 is 1.20 bits per heavy atom. The second-order valence-corrected chi connectivity index (χ2v) is 6.17. The number of carbonyl (C=O) groups is 1. The predicted octanol–water partition coefficient (Wildman–Crippen LogP) is 4.51. The zero-order valence-electron chi connectivity index (χ0n) is 12.7. The topological polar surface area (TPSA) is 41.5 Å². The van der Waals surface area contributed by atoms with Crippen LogP contribution in [0.3, 0.4) is 0 Å². The normalized spacial score (nSPS) is 11.1. The smallest absolute Gasteiger partial charge is 0.240 e. The highest BCUT2D eigenvalue weighted by atomic mass is 32.1. The van der Waals surface area contributed by atoms with Crippen LogP contribution in [0.1, 0.15) is 68.5 Å². The summed E-state index contributed by atoms with van der Waals surface area (Å²) in [5.74, 6) is 0.0176. The molecule has 0 saturated carbocycles. The Morgan fingerprint density at radius 2 is 1.95 bits per heavy atom. The molecule has 0 aliphatic heterocycles. The van der Waals surface area contributed by atoms with Crippen molar-refractivity contribution in [2.75, 3.05) is 0 Å². The number of amides is 1. The summed E-state index contributed by atoms with van der Waals surface area (Å²) in [7, 11) is 0. The second kappa shape index (κ2) is 10.6. The largest absolute Gasteiger partial charge is 0.273 e. The van der Waals surface area contributed by atoms with Gasteiger partial charge in [0.1, 0.15) is 0 Å². The standard InChI is InChI=1S/C16H26N2OS/c1-3-5-6-7-8-9-10-16(19)18-17-13-15-12-11-14(4-2)20-15/h11-13H,3-10H2,1-2H3,(H,18,19). The molecule has 0 aromatic carbocycles. The molecule has 4 heteroatoms. The van der Waals surface area contributed by atoms with Crippen LogP contribution in [0.15, 0.2) is 17.2 Å². The first-order valence-electron chi connectivity index (χ1n) is 7.66. The van der Waals surface area contributed by atoms with E-state index in [9.17, 15) is 4.79 Å². The van der Waals surface area contributed by atoms with Gasteiger partial charge in [-0.25, -0.2) is 5.43 Å². The first-order chi connectivity index (χ1) is 9.76. The van der Waals surface area contributed by atoms with E-state index in [0.717, 1.165) is 24.1 Å². The second-order valence-electron chi connectivity index (χ2n) is 4.97. The average molecular weight is 294 g/mol. The third-order valence-corrected chi connectivity index (χ3v) is 4.33. The van der Waals surface area contributed by atoms with Crippen LogP contribution in [0.4, 0.5) is 0 Å². The summed E-state index contributed by atoms with van der Waals surface area (Å²) in [4.78, 5) is 14.0. The Hall–Kier alpha value is -1.16. The number of nitrogens with zero attached hydrogens (tertiary/aromatic N) is 1. The van der Waals surface area contributed by atoms with Gasteiger partial charge in [-0.15, -0.1) is 11.3 Å². The molecule has 1 aromatic rings. The lowest BCUT2D eigenvalue weighted by Gasteiger charge is -2.00. The highest BCUT2D eigenvalue weighted by Gasteiger charge is 1.99. The fourth-order valence-corrected chi connectivity index (χ4v) is 2.77. The van der Waals surface area contributed by atoms with Gasteiger partial charge < -0.3 is 0 Å². The van der Waals surface area contributed by atoms with E-state index in [4.69, 9.17) is 0 Å². The van der Waals surface area contributed by atoms with Crippen LogP contribution in [0.5, 0.6) is 0 Å². The lowest BCUT2D eigenvalue weighted by molar-refractivity contribution is -0.121. The molecule has 1 aromatic heterocycles. The minimum atomic E-state index is 0.0176. The first kappa shape index (κ1) is 16.9. The minimum Gasteiger partial charge on any atom is -0.273 e. The van der Waals surface area contributed by atoms with Gasteiger partial charge >= 0.3 is 0 Å². The number of hydrazone groups is 1. The van der Waals surface area contributed by atoms with Gasteiger partial charge in [0.15, 0.2) is 0 Å². The molecule has 0 aliphatic carbocycles.